The Bertz CT molecular complexity index is 380. The summed E-state index contributed by atoms with van der Waals surface area (Å²) >= 11 is 0. The van der Waals surface area contributed by atoms with Gasteiger partial charge >= 0.3 is 0 Å². The summed E-state index contributed by atoms with van der Waals surface area (Å²) in [6.07, 6.45) is 0.476. The minimum atomic E-state index is 0.0728. The van der Waals surface area contributed by atoms with Gasteiger partial charge in [0.25, 0.3) is 0 Å². The molecule has 0 saturated carbocycles. The van der Waals surface area contributed by atoms with E-state index in [4.69, 9.17) is 4.74 Å². The number of carbonyl (C=O) groups is 1. The Hall–Kier alpha value is -1.55. The number of amides is 1. The number of benzene rings is 1. The Morgan fingerprint density at radius 2 is 2.06 bits per heavy atom. The summed E-state index contributed by atoms with van der Waals surface area (Å²) in [4.78, 5) is 11.7. The number of hydrogen-bond donors (Lipinski definition) is 2. The third kappa shape index (κ3) is 4.37. The van der Waals surface area contributed by atoms with Crippen molar-refractivity contribution in [2.24, 2.45) is 0 Å². The average molecular weight is 250 g/mol. The summed E-state index contributed by atoms with van der Waals surface area (Å²) in [5.41, 5.74) is 1.07. The fraction of sp³-hybridized carbons (Fsp3) is 0.500. The molecule has 1 aromatic rings. The summed E-state index contributed by atoms with van der Waals surface area (Å²) in [5.74, 6) is 1.06. The Morgan fingerprint density at radius 3 is 2.72 bits per heavy atom. The number of nitrogens with one attached hydrogen (secondary N) is 2. The zero-order chi connectivity index (χ0) is 13.4. The Labute approximate surface area is 109 Å². The highest BCUT2D eigenvalue weighted by Gasteiger charge is 2.14. The minimum absolute atomic E-state index is 0.0728. The number of hydrogen-bond acceptors (Lipinski definition) is 3. The fourth-order valence-electron chi connectivity index (χ4n) is 1.86. The molecule has 0 aromatic heterocycles. The van der Waals surface area contributed by atoms with E-state index < -0.39 is 0 Å². The van der Waals surface area contributed by atoms with Gasteiger partial charge in [0, 0.05) is 19.5 Å². The molecule has 0 bridgehead atoms. The molecule has 0 fully saturated rings. The van der Waals surface area contributed by atoms with Crippen molar-refractivity contribution in [2.45, 2.75) is 19.3 Å². The van der Waals surface area contributed by atoms with Gasteiger partial charge in [-0.05, 0) is 24.6 Å². The molecule has 0 spiro atoms. The van der Waals surface area contributed by atoms with Gasteiger partial charge in [-0.1, -0.05) is 25.1 Å². The van der Waals surface area contributed by atoms with Gasteiger partial charge in [-0.3, -0.25) is 4.79 Å². The first-order valence-corrected chi connectivity index (χ1v) is 6.23. The Kier molecular flexibility index (Phi) is 6.22. The molecule has 0 saturated heterocycles. The molecule has 0 radical (unpaired) electrons. The van der Waals surface area contributed by atoms with Crippen molar-refractivity contribution in [3.05, 3.63) is 29.8 Å². The number of ether oxygens (including phenoxy) is 1. The minimum Gasteiger partial charge on any atom is -0.496 e. The average Bonchev–Trinajstić information content (AvgIpc) is 2.39. The van der Waals surface area contributed by atoms with Gasteiger partial charge in [-0.15, -0.1) is 0 Å². The standard InChI is InChI=1S/C14H22N2O2/c1-11(10-14(17)16-9-8-15-2)12-6-4-5-7-13(12)18-3/h4-7,11,15H,8-10H2,1-3H3,(H,16,17). The number of methoxy groups -OCH3 is 1. The van der Waals surface area contributed by atoms with Crippen molar-refractivity contribution in [3.63, 3.8) is 0 Å². The molecule has 4 nitrogen and oxygen atoms in total. The van der Waals surface area contributed by atoms with Gasteiger partial charge in [0.2, 0.25) is 5.91 Å². The fourth-order valence-corrected chi connectivity index (χ4v) is 1.86. The summed E-state index contributed by atoms with van der Waals surface area (Å²) in [6, 6.07) is 7.82. The second-order valence-corrected chi connectivity index (χ2v) is 4.30. The molecule has 0 aliphatic heterocycles. The number of para-hydroxylation sites is 1. The maximum absolute atomic E-state index is 11.7. The number of likely N-dealkylation sites (N-methyl/N-ethyl adjacent to an activating group) is 1. The van der Waals surface area contributed by atoms with Gasteiger partial charge in [-0.25, -0.2) is 0 Å². The molecule has 0 aliphatic rings. The largest absolute Gasteiger partial charge is 0.496 e. The van der Waals surface area contributed by atoms with Crippen molar-refractivity contribution in [1.29, 1.82) is 0 Å². The van der Waals surface area contributed by atoms with Crippen LogP contribution in [0.1, 0.15) is 24.8 Å². The van der Waals surface area contributed by atoms with Crippen LogP contribution in [0.3, 0.4) is 0 Å². The maximum Gasteiger partial charge on any atom is 0.220 e. The molecule has 0 aliphatic carbocycles. The third-order valence-corrected chi connectivity index (χ3v) is 2.86. The van der Waals surface area contributed by atoms with Crippen LogP contribution in [0.4, 0.5) is 0 Å². The topological polar surface area (TPSA) is 50.4 Å². The van der Waals surface area contributed by atoms with Crippen molar-refractivity contribution >= 4 is 5.91 Å². The van der Waals surface area contributed by atoms with Crippen LogP contribution in [-0.4, -0.2) is 33.2 Å². The van der Waals surface area contributed by atoms with Crippen LogP contribution in [0, 0.1) is 0 Å². The number of rotatable bonds is 7. The molecule has 100 valence electrons. The highest BCUT2D eigenvalue weighted by Crippen LogP contribution is 2.28. The van der Waals surface area contributed by atoms with Crippen molar-refractivity contribution in [3.8, 4) is 5.75 Å². The van der Waals surface area contributed by atoms with Crippen molar-refractivity contribution < 1.29 is 9.53 Å². The van der Waals surface area contributed by atoms with E-state index in [1.807, 2.05) is 38.2 Å². The van der Waals surface area contributed by atoms with Crippen LogP contribution >= 0.6 is 0 Å². The molecule has 4 heteroatoms. The first-order valence-electron chi connectivity index (χ1n) is 6.23. The van der Waals surface area contributed by atoms with Crippen LogP contribution in [-0.2, 0) is 4.79 Å². The van der Waals surface area contributed by atoms with E-state index in [1.165, 1.54) is 0 Å². The predicted molar refractivity (Wildman–Crippen MR) is 73.0 cm³/mol. The smallest absolute Gasteiger partial charge is 0.220 e. The lowest BCUT2D eigenvalue weighted by Crippen LogP contribution is -2.31. The van der Waals surface area contributed by atoms with Gasteiger partial charge in [-0.2, -0.15) is 0 Å². The predicted octanol–water partition coefficient (Wildman–Crippen LogP) is 1.52. The lowest BCUT2D eigenvalue weighted by molar-refractivity contribution is -0.121. The van der Waals surface area contributed by atoms with E-state index in [9.17, 15) is 4.79 Å². The lowest BCUT2D eigenvalue weighted by Gasteiger charge is -2.15. The van der Waals surface area contributed by atoms with Crippen molar-refractivity contribution in [1.82, 2.24) is 10.6 Å². The summed E-state index contributed by atoms with van der Waals surface area (Å²) in [7, 11) is 3.52. The van der Waals surface area contributed by atoms with Crippen LogP contribution in [0.5, 0.6) is 5.75 Å². The second kappa shape index (κ2) is 7.71. The van der Waals surface area contributed by atoms with E-state index in [-0.39, 0.29) is 11.8 Å². The van der Waals surface area contributed by atoms with Gasteiger partial charge < -0.3 is 15.4 Å². The summed E-state index contributed by atoms with van der Waals surface area (Å²) in [5, 5.41) is 5.87. The molecule has 2 N–H and O–H groups in total. The molecular formula is C14H22N2O2. The SMILES string of the molecule is CNCCNC(=O)CC(C)c1ccccc1OC. The molecule has 0 heterocycles. The molecule has 1 atom stereocenters. The first-order chi connectivity index (χ1) is 8.69. The van der Waals surface area contributed by atoms with Gasteiger partial charge in [0.1, 0.15) is 5.75 Å². The quantitative estimate of drug-likeness (QED) is 0.721. The Morgan fingerprint density at radius 1 is 1.33 bits per heavy atom. The summed E-state index contributed by atoms with van der Waals surface area (Å²) < 4.78 is 5.30. The molecular weight excluding hydrogens is 228 g/mol. The third-order valence-electron chi connectivity index (χ3n) is 2.86. The monoisotopic (exact) mass is 250 g/mol. The zero-order valence-corrected chi connectivity index (χ0v) is 11.3. The number of carbonyl (C=O) groups excluding carboxylic acids is 1. The van der Waals surface area contributed by atoms with E-state index in [1.54, 1.807) is 7.11 Å². The molecule has 18 heavy (non-hydrogen) atoms. The van der Waals surface area contributed by atoms with E-state index in [0.717, 1.165) is 17.9 Å². The zero-order valence-electron chi connectivity index (χ0n) is 11.3. The lowest BCUT2D eigenvalue weighted by atomic mass is 9.96. The molecule has 1 unspecified atom stereocenters. The first kappa shape index (κ1) is 14.5. The van der Waals surface area contributed by atoms with Crippen LogP contribution in [0.25, 0.3) is 0 Å². The van der Waals surface area contributed by atoms with E-state index >= 15 is 0 Å². The second-order valence-electron chi connectivity index (χ2n) is 4.30. The van der Waals surface area contributed by atoms with Crippen LogP contribution < -0.4 is 15.4 Å². The summed E-state index contributed by atoms with van der Waals surface area (Å²) in [6.45, 7) is 3.48. The van der Waals surface area contributed by atoms with E-state index in [2.05, 4.69) is 10.6 Å². The van der Waals surface area contributed by atoms with Crippen LogP contribution in [0.15, 0.2) is 24.3 Å². The van der Waals surface area contributed by atoms with Gasteiger partial charge in [0.05, 0.1) is 7.11 Å². The van der Waals surface area contributed by atoms with Crippen molar-refractivity contribution in [2.75, 3.05) is 27.2 Å². The molecule has 1 rings (SSSR count). The van der Waals surface area contributed by atoms with Crippen LogP contribution in [0.2, 0.25) is 0 Å². The van der Waals surface area contributed by atoms with Gasteiger partial charge in [0.15, 0.2) is 0 Å². The molecule has 1 aromatic carbocycles. The molecule has 1 amide bonds. The van der Waals surface area contributed by atoms with E-state index in [0.29, 0.717) is 13.0 Å². The Balaban J connectivity index is 2.53. The highest BCUT2D eigenvalue weighted by molar-refractivity contribution is 5.76. The highest BCUT2D eigenvalue weighted by atomic mass is 16.5. The maximum atomic E-state index is 11.7. The normalized spacial score (nSPS) is 11.9.